The minimum absolute atomic E-state index is 0.160. The molecule has 0 saturated heterocycles. The molecule has 0 saturated carbocycles. The predicted octanol–water partition coefficient (Wildman–Crippen LogP) is 4.09. The number of rotatable bonds is 4. The van der Waals surface area contributed by atoms with Crippen LogP contribution in [0, 0.1) is 15.9 Å². The third kappa shape index (κ3) is 3.21. The van der Waals surface area contributed by atoms with E-state index >= 15 is 0 Å². The Balaban J connectivity index is 2.41. The molecular formula is C14H10FNO3S. The van der Waals surface area contributed by atoms with Crippen molar-refractivity contribution in [2.75, 3.05) is 0 Å². The number of hydrogen-bond acceptors (Lipinski definition) is 4. The molecule has 0 spiro atoms. The molecule has 0 aromatic heterocycles. The molecule has 2 rings (SSSR count). The second-order valence-corrected chi connectivity index (χ2v) is 5.17. The fourth-order valence-corrected chi connectivity index (χ4v) is 2.57. The Morgan fingerprint density at radius 1 is 1.25 bits per heavy atom. The maximum absolute atomic E-state index is 13.1. The first-order chi connectivity index (χ1) is 9.47. The van der Waals surface area contributed by atoms with Crippen LogP contribution in [0.1, 0.15) is 17.3 Å². The molecule has 2 aromatic carbocycles. The van der Waals surface area contributed by atoms with Gasteiger partial charge in [0.1, 0.15) is 5.82 Å². The molecule has 0 bridgehead atoms. The van der Waals surface area contributed by atoms with Crippen molar-refractivity contribution in [1.82, 2.24) is 0 Å². The zero-order valence-electron chi connectivity index (χ0n) is 10.5. The summed E-state index contributed by atoms with van der Waals surface area (Å²) in [6.45, 7) is 1.35. The lowest BCUT2D eigenvalue weighted by Crippen LogP contribution is -1.97. The number of halogens is 1. The molecule has 102 valence electrons. The van der Waals surface area contributed by atoms with Crippen molar-refractivity contribution in [3.8, 4) is 0 Å². The monoisotopic (exact) mass is 291 g/mol. The van der Waals surface area contributed by atoms with Gasteiger partial charge in [0.15, 0.2) is 5.78 Å². The lowest BCUT2D eigenvalue weighted by Gasteiger charge is -2.04. The highest BCUT2D eigenvalue weighted by Crippen LogP contribution is 2.35. The van der Waals surface area contributed by atoms with Gasteiger partial charge in [0, 0.05) is 16.5 Å². The van der Waals surface area contributed by atoms with Gasteiger partial charge in [-0.1, -0.05) is 17.8 Å². The van der Waals surface area contributed by atoms with Gasteiger partial charge < -0.3 is 0 Å². The maximum atomic E-state index is 13.1. The second-order valence-electron chi connectivity index (χ2n) is 4.06. The topological polar surface area (TPSA) is 60.2 Å². The highest BCUT2D eigenvalue weighted by Gasteiger charge is 2.17. The van der Waals surface area contributed by atoms with Crippen LogP contribution in [0.4, 0.5) is 10.1 Å². The van der Waals surface area contributed by atoms with E-state index in [2.05, 4.69) is 0 Å². The summed E-state index contributed by atoms with van der Waals surface area (Å²) < 4.78 is 13.1. The first-order valence-corrected chi connectivity index (χ1v) is 6.52. The highest BCUT2D eigenvalue weighted by atomic mass is 32.2. The van der Waals surface area contributed by atoms with E-state index in [0.29, 0.717) is 9.79 Å². The SMILES string of the molecule is CC(=O)c1ccc(Sc2cccc(F)c2)c([N+](=O)[O-])c1. The Bertz CT molecular complexity index is 688. The van der Waals surface area contributed by atoms with Gasteiger partial charge in [-0.25, -0.2) is 4.39 Å². The summed E-state index contributed by atoms with van der Waals surface area (Å²) in [4.78, 5) is 22.7. The van der Waals surface area contributed by atoms with Crippen LogP contribution in [0.15, 0.2) is 52.3 Å². The second kappa shape index (κ2) is 5.83. The molecule has 0 amide bonds. The predicted molar refractivity (Wildman–Crippen MR) is 73.6 cm³/mol. The van der Waals surface area contributed by atoms with Crippen molar-refractivity contribution in [3.63, 3.8) is 0 Å². The summed E-state index contributed by atoms with van der Waals surface area (Å²) in [6, 6.07) is 10.1. The number of nitro groups is 1. The standard InChI is InChI=1S/C14H10FNO3S/c1-9(17)10-5-6-14(13(7-10)16(18)19)20-12-4-2-3-11(15)8-12/h2-8H,1H3. The molecule has 0 aliphatic carbocycles. The van der Waals surface area contributed by atoms with Crippen molar-refractivity contribution in [2.45, 2.75) is 16.7 Å². The average molecular weight is 291 g/mol. The molecule has 0 N–H and O–H groups in total. The smallest absolute Gasteiger partial charge is 0.283 e. The number of Topliss-reactive ketones (excluding diaryl/α,β-unsaturated/α-hetero) is 1. The van der Waals surface area contributed by atoms with Gasteiger partial charge >= 0.3 is 0 Å². The van der Waals surface area contributed by atoms with Crippen molar-refractivity contribution < 1.29 is 14.1 Å². The Labute approximate surface area is 118 Å². The van der Waals surface area contributed by atoms with Crippen molar-refractivity contribution >= 4 is 23.2 Å². The fraction of sp³-hybridized carbons (Fsp3) is 0.0714. The molecule has 0 heterocycles. The molecule has 6 heteroatoms. The van der Waals surface area contributed by atoms with E-state index in [1.165, 1.54) is 43.3 Å². The summed E-state index contributed by atoms with van der Waals surface area (Å²) >= 11 is 1.08. The van der Waals surface area contributed by atoms with Gasteiger partial charge in [0.05, 0.1) is 9.82 Å². The molecule has 0 aliphatic heterocycles. The molecule has 0 atom stereocenters. The van der Waals surface area contributed by atoms with Crippen LogP contribution < -0.4 is 0 Å². The lowest BCUT2D eigenvalue weighted by molar-refractivity contribution is -0.387. The number of ketones is 1. The van der Waals surface area contributed by atoms with Gasteiger partial charge in [-0.05, 0) is 37.3 Å². The van der Waals surface area contributed by atoms with Gasteiger partial charge in [0.2, 0.25) is 0 Å². The van der Waals surface area contributed by atoms with Crippen LogP contribution in [-0.4, -0.2) is 10.7 Å². The zero-order valence-corrected chi connectivity index (χ0v) is 11.3. The lowest BCUT2D eigenvalue weighted by atomic mass is 10.1. The van der Waals surface area contributed by atoms with Crippen LogP contribution in [0.25, 0.3) is 0 Å². The third-order valence-electron chi connectivity index (χ3n) is 2.59. The molecule has 0 fully saturated rings. The van der Waals surface area contributed by atoms with E-state index < -0.39 is 10.7 Å². The van der Waals surface area contributed by atoms with Crippen LogP contribution in [-0.2, 0) is 0 Å². The summed E-state index contributed by atoms with van der Waals surface area (Å²) in [6.07, 6.45) is 0. The summed E-state index contributed by atoms with van der Waals surface area (Å²) in [5.41, 5.74) is 0.118. The number of nitrogens with zero attached hydrogens (tertiary/aromatic N) is 1. The Kier molecular flexibility index (Phi) is 4.14. The Morgan fingerprint density at radius 3 is 2.60 bits per heavy atom. The normalized spacial score (nSPS) is 10.3. The van der Waals surface area contributed by atoms with Gasteiger partial charge in [-0.15, -0.1) is 0 Å². The number of hydrogen-bond donors (Lipinski definition) is 0. The van der Waals surface area contributed by atoms with E-state index in [0.717, 1.165) is 11.8 Å². The van der Waals surface area contributed by atoms with Gasteiger partial charge in [-0.3, -0.25) is 14.9 Å². The van der Waals surface area contributed by atoms with E-state index in [1.54, 1.807) is 6.07 Å². The molecule has 2 aromatic rings. The number of carbonyl (C=O) groups excluding carboxylic acids is 1. The number of carbonyl (C=O) groups is 1. The first-order valence-electron chi connectivity index (χ1n) is 5.70. The summed E-state index contributed by atoms with van der Waals surface area (Å²) in [7, 11) is 0. The maximum Gasteiger partial charge on any atom is 0.283 e. The first kappa shape index (κ1) is 14.2. The zero-order chi connectivity index (χ0) is 14.7. The number of nitro benzene ring substituents is 1. The number of benzene rings is 2. The van der Waals surface area contributed by atoms with Crippen LogP contribution in [0.5, 0.6) is 0 Å². The van der Waals surface area contributed by atoms with Crippen molar-refractivity contribution in [1.29, 1.82) is 0 Å². The van der Waals surface area contributed by atoms with E-state index in [9.17, 15) is 19.3 Å². The summed E-state index contributed by atoms with van der Waals surface area (Å²) in [5, 5.41) is 11.1. The Morgan fingerprint density at radius 2 is 2.00 bits per heavy atom. The van der Waals surface area contributed by atoms with Crippen LogP contribution in [0.2, 0.25) is 0 Å². The molecular weight excluding hydrogens is 281 g/mol. The minimum Gasteiger partial charge on any atom is -0.295 e. The van der Waals surface area contributed by atoms with E-state index in [1.807, 2.05) is 0 Å². The van der Waals surface area contributed by atoms with Gasteiger partial charge in [-0.2, -0.15) is 0 Å². The molecule has 0 unspecified atom stereocenters. The van der Waals surface area contributed by atoms with Gasteiger partial charge in [0.25, 0.3) is 5.69 Å². The van der Waals surface area contributed by atoms with Crippen LogP contribution >= 0.6 is 11.8 Å². The fourth-order valence-electron chi connectivity index (χ4n) is 1.62. The van der Waals surface area contributed by atoms with Crippen molar-refractivity contribution in [3.05, 3.63) is 64.0 Å². The molecule has 4 nitrogen and oxygen atoms in total. The molecule has 0 radical (unpaired) electrons. The van der Waals surface area contributed by atoms with Crippen molar-refractivity contribution in [2.24, 2.45) is 0 Å². The quantitative estimate of drug-likeness (QED) is 0.483. The average Bonchev–Trinajstić information content (AvgIpc) is 2.38. The highest BCUT2D eigenvalue weighted by molar-refractivity contribution is 7.99. The summed E-state index contributed by atoms with van der Waals surface area (Å²) in [5.74, 6) is -0.645. The minimum atomic E-state index is -0.548. The largest absolute Gasteiger partial charge is 0.295 e. The third-order valence-corrected chi connectivity index (χ3v) is 3.64. The van der Waals surface area contributed by atoms with Crippen LogP contribution in [0.3, 0.4) is 0 Å². The Hall–Kier alpha value is -2.21. The molecule has 20 heavy (non-hydrogen) atoms. The van der Waals surface area contributed by atoms with E-state index in [4.69, 9.17) is 0 Å². The molecule has 0 aliphatic rings. The van der Waals surface area contributed by atoms with E-state index in [-0.39, 0.29) is 17.0 Å².